The molecule has 19 heavy (non-hydrogen) atoms. The van der Waals surface area contributed by atoms with Crippen LogP contribution >= 0.6 is 0 Å². The maximum atomic E-state index is 6.04. The molecule has 1 N–H and O–H groups in total. The van der Waals surface area contributed by atoms with Crippen LogP contribution in [-0.4, -0.2) is 32.9 Å². The Morgan fingerprint density at radius 2 is 1.95 bits per heavy atom. The van der Waals surface area contributed by atoms with Gasteiger partial charge in [-0.1, -0.05) is 24.3 Å². The average molecular weight is 265 g/mol. The molecule has 0 aromatic heterocycles. The molecular formula is C16H27NO2. The Hall–Kier alpha value is -0.900. The lowest BCUT2D eigenvalue weighted by Crippen LogP contribution is -2.27. The number of hydrogen-bond donors (Lipinski definition) is 1. The number of benzene rings is 1. The molecule has 1 unspecified atom stereocenters. The molecule has 0 saturated heterocycles. The Labute approximate surface area is 117 Å². The zero-order valence-corrected chi connectivity index (χ0v) is 12.8. The van der Waals surface area contributed by atoms with Gasteiger partial charge in [-0.3, -0.25) is 0 Å². The third-order valence-electron chi connectivity index (χ3n) is 3.50. The first-order valence-corrected chi connectivity index (χ1v) is 6.87. The summed E-state index contributed by atoms with van der Waals surface area (Å²) in [5, 5.41) is 3.20. The fourth-order valence-electron chi connectivity index (χ4n) is 1.94. The monoisotopic (exact) mass is 265 g/mol. The highest BCUT2D eigenvalue weighted by Gasteiger charge is 2.18. The van der Waals surface area contributed by atoms with Gasteiger partial charge < -0.3 is 14.8 Å². The molecule has 0 aliphatic heterocycles. The summed E-state index contributed by atoms with van der Waals surface area (Å²) in [7, 11) is 3.69. The van der Waals surface area contributed by atoms with Gasteiger partial charge in [0.15, 0.2) is 0 Å². The van der Waals surface area contributed by atoms with Crippen molar-refractivity contribution >= 4 is 0 Å². The van der Waals surface area contributed by atoms with Gasteiger partial charge >= 0.3 is 0 Å². The zero-order valence-electron chi connectivity index (χ0n) is 12.8. The number of likely N-dealkylation sites (N-methyl/N-ethyl adjacent to an activating group) is 1. The number of nitrogens with one attached hydrogen (secondary N) is 1. The molecule has 0 bridgehead atoms. The van der Waals surface area contributed by atoms with Crippen LogP contribution in [0.15, 0.2) is 24.3 Å². The minimum atomic E-state index is -0.129. The Kier molecular flexibility index (Phi) is 6.49. The van der Waals surface area contributed by atoms with Crippen LogP contribution in [0.4, 0.5) is 0 Å². The minimum absolute atomic E-state index is 0.0962. The van der Waals surface area contributed by atoms with Crippen LogP contribution in [0.25, 0.3) is 0 Å². The standard InChI is InChI=1S/C16H27NO2/c1-13-8-6-7-9-14(13)15(12-17-4)19-11-10-16(2,3)18-5/h6-9,15,17H,10-12H2,1-5H3. The van der Waals surface area contributed by atoms with Crippen molar-refractivity contribution in [2.24, 2.45) is 0 Å². The van der Waals surface area contributed by atoms with E-state index >= 15 is 0 Å². The molecule has 1 aromatic carbocycles. The summed E-state index contributed by atoms with van der Waals surface area (Å²) < 4.78 is 11.5. The summed E-state index contributed by atoms with van der Waals surface area (Å²) in [6.45, 7) is 7.80. The number of methoxy groups -OCH3 is 1. The van der Waals surface area contributed by atoms with E-state index in [1.807, 2.05) is 7.05 Å². The molecule has 0 saturated carbocycles. The number of hydrogen-bond acceptors (Lipinski definition) is 3. The Morgan fingerprint density at radius 3 is 2.53 bits per heavy atom. The SMILES string of the molecule is CNCC(OCCC(C)(C)OC)c1ccccc1C. The quantitative estimate of drug-likeness (QED) is 0.783. The number of rotatable bonds is 8. The Balaban J connectivity index is 2.62. The third kappa shape index (κ3) is 5.31. The van der Waals surface area contributed by atoms with Crippen LogP contribution in [0, 0.1) is 6.92 Å². The summed E-state index contributed by atoms with van der Waals surface area (Å²) in [5.74, 6) is 0. The van der Waals surface area contributed by atoms with Gasteiger partial charge in [0.05, 0.1) is 18.3 Å². The molecule has 1 aromatic rings. The van der Waals surface area contributed by atoms with Gasteiger partial charge in [0.25, 0.3) is 0 Å². The molecule has 1 atom stereocenters. The molecule has 0 radical (unpaired) electrons. The van der Waals surface area contributed by atoms with Gasteiger partial charge in [-0.25, -0.2) is 0 Å². The fraction of sp³-hybridized carbons (Fsp3) is 0.625. The molecule has 0 spiro atoms. The zero-order chi connectivity index (χ0) is 14.3. The van der Waals surface area contributed by atoms with E-state index in [0.717, 1.165) is 13.0 Å². The van der Waals surface area contributed by atoms with Gasteiger partial charge in [-0.05, 0) is 45.4 Å². The maximum Gasteiger partial charge on any atom is 0.0951 e. The van der Waals surface area contributed by atoms with Crippen molar-refractivity contribution in [2.45, 2.75) is 38.9 Å². The van der Waals surface area contributed by atoms with Crippen molar-refractivity contribution < 1.29 is 9.47 Å². The van der Waals surface area contributed by atoms with Crippen LogP contribution in [0.2, 0.25) is 0 Å². The highest BCUT2D eigenvalue weighted by molar-refractivity contribution is 5.28. The smallest absolute Gasteiger partial charge is 0.0951 e. The first kappa shape index (κ1) is 16.2. The van der Waals surface area contributed by atoms with Crippen molar-refractivity contribution in [1.29, 1.82) is 0 Å². The molecule has 3 heteroatoms. The van der Waals surface area contributed by atoms with E-state index in [4.69, 9.17) is 9.47 Å². The topological polar surface area (TPSA) is 30.5 Å². The summed E-state index contributed by atoms with van der Waals surface area (Å²) in [5.41, 5.74) is 2.40. The Morgan fingerprint density at radius 1 is 1.26 bits per heavy atom. The van der Waals surface area contributed by atoms with Crippen LogP contribution < -0.4 is 5.32 Å². The lowest BCUT2D eigenvalue weighted by Gasteiger charge is -2.25. The van der Waals surface area contributed by atoms with E-state index in [0.29, 0.717) is 6.61 Å². The molecular weight excluding hydrogens is 238 g/mol. The van der Waals surface area contributed by atoms with Gasteiger partial charge in [0.2, 0.25) is 0 Å². The predicted molar refractivity (Wildman–Crippen MR) is 79.5 cm³/mol. The van der Waals surface area contributed by atoms with Gasteiger partial charge in [-0.15, -0.1) is 0 Å². The highest BCUT2D eigenvalue weighted by Crippen LogP contribution is 2.22. The summed E-state index contributed by atoms with van der Waals surface area (Å²) in [6, 6.07) is 8.38. The summed E-state index contributed by atoms with van der Waals surface area (Å²) in [6.07, 6.45) is 0.981. The van der Waals surface area contributed by atoms with E-state index in [1.165, 1.54) is 11.1 Å². The first-order chi connectivity index (χ1) is 9.00. The second-order valence-corrected chi connectivity index (χ2v) is 5.49. The number of aryl methyl sites for hydroxylation is 1. The van der Waals surface area contributed by atoms with Crippen molar-refractivity contribution in [3.05, 3.63) is 35.4 Å². The molecule has 0 aliphatic carbocycles. The molecule has 0 aliphatic rings. The largest absolute Gasteiger partial charge is 0.379 e. The summed E-state index contributed by atoms with van der Waals surface area (Å²) >= 11 is 0. The van der Waals surface area contributed by atoms with Gasteiger partial charge in [0, 0.05) is 13.7 Å². The van der Waals surface area contributed by atoms with E-state index in [9.17, 15) is 0 Å². The molecule has 0 fully saturated rings. The Bertz CT molecular complexity index is 377. The minimum Gasteiger partial charge on any atom is -0.379 e. The molecule has 108 valence electrons. The summed E-state index contributed by atoms with van der Waals surface area (Å²) in [4.78, 5) is 0. The van der Waals surface area contributed by atoms with Crippen LogP contribution in [0.1, 0.15) is 37.5 Å². The van der Waals surface area contributed by atoms with Crippen molar-refractivity contribution in [2.75, 3.05) is 27.3 Å². The first-order valence-electron chi connectivity index (χ1n) is 6.87. The average Bonchev–Trinajstić information content (AvgIpc) is 2.38. The second-order valence-electron chi connectivity index (χ2n) is 5.49. The number of ether oxygens (including phenoxy) is 2. The molecule has 0 amide bonds. The highest BCUT2D eigenvalue weighted by atomic mass is 16.5. The fourth-order valence-corrected chi connectivity index (χ4v) is 1.94. The van der Waals surface area contributed by atoms with Crippen LogP contribution in [0.3, 0.4) is 0 Å². The van der Waals surface area contributed by atoms with Gasteiger partial charge in [0.1, 0.15) is 0 Å². The lowest BCUT2D eigenvalue weighted by atomic mass is 10.0. The van der Waals surface area contributed by atoms with E-state index in [-0.39, 0.29) is 11.7 Å². The van der Waals surface area contributed by atoms with Crippen molar-refractivity contribution in [3.63, 3.8) is 0 Å². The molecule has 0 heterocycles. The van der Waals surface area contributed by atoms with Crippen molar-refractivity contribution in [1.82, 2.24) is 5.32 Å². The second kappa shape index (κ2) is 7.63. The maximum absolute atomic E-state index is 6.04. The van der Waals surface area contributed by atoms with E-state index < -0.39 is 0 Å². The third-order valence-corrected chi connectivity index (χ3v) is 3.50. The van der Waals surface area contributed by atoms with Gasteiger partial charge in [-0.2, -0.15) is 0 Å². The predicted octanol–water partition coefficient (Wildman–Crippen LogP) is 3.09. The molecule has 3 nitrogen and oxygen atoms in total. The lowest BCUT2D eigenvalue weighted by molar-refractivity contribution is -0.0270. The normalized spacial score (nSPS) is 13.5. The van der Waals surface area contributed by atoms with E-state index in [1.54, 1.807) is 7.11 Å². The molecule has 1 rings (SSSR count). The van der Waals surface area contributed by atoms with Crippen LogP contribution in [-0.2, 0) is 9.47 Å². The van der Waals surface area contributed by atoms with Crippen molar-refractivity contribution in [3.8, 4) is 0 Å². The van der Waals surface area contributed by atoms with Crippen LogP contribution in [0.5, 0.6) is 0 Å². The van der Waals surface area contributed by atoms with E-state index in [2.05, 4.69) is 50.4 Å².